The van der Waals surface area contributed by atoms with Crippen LogP contribution in [0.1, 0.15) is 48.0 Å². The lowest BCUT2D eigenvalue weighted by Gasteiger charge is -2.19. The molecule has 0 bridgehead atoms. The standard InChI is InChI=1S/C24H23ClN2O2S/c25-19-9-5-4-8-17(19)15-22-24(29)27-20-14-18(10-11-21(20)30-22)23(28)26-13-12-16-6-2-1-3-7-16/h4-6,8-11,14-15H,1-3,7,12-13H2,(H,26,28)(H,27,29)/b22-15+. The molecule has 2 N–H and O–H groups in total. The van der Waals surface area contributed by atoms with E-state index in [0.29, 0.717) is 27.7 Å². The van der Waals surface area contributed by atoms with Crippen molar-refractivity contribution in [3.63, 3.8) is 0 Å². The van der Waals surface area contributed by atoms with E-state index in [-0.39, 0.29) is 11.8 Å². The van der Waals surface area contributed by atoms with Crippen molar-refractivity contribution in [3.05, 3.63) is 75.2 Å². The third-order valence-corrected chi connectivity index (χ3v) is 6.69. The quantitative estimate of drug-likeness (QED) is 0.441. The molecule has 1 aliphatic carbocycles. The van der Waals surface area contributed by atoms with Gasteiger partial charge in [-0.1, -0.05) is 53.2 Å². The Balaban J connectivity index is 1.42. The predicted molar refractivity (Wildman–Crippen MR) is 124 cm³/mol. The van der Waals surface area contributed by atoms with Crippen molar-refractivity contribution in [2.24, 2.45) is 0 Å². The second-order valence-corrected chi connectivity index (χ2v) is 8.90. The lowest BCUT2D eigenvalue weighted by Crippen LogP contribution is -2.25. The van der Waals surface area contributed by atoms with Crippen LogP contribution < -0.4 is 10.6 Å². The van der Waals surface area contributed by atoms with Crippen molar-refractivity contribution in [2.45, 2.75) is 37.0 Å². The zero-order valence-corrected chi connectivity index (χ0v) is 18.1. The first-order valence-corrected chi connectivity index (χ1v) is 11.4. The van der Waals surface area contributed by atoms with E-state index >= 15 is 0 Å². The number of rotatable bonds is 5. The molecule has 2 aromatic rings. The summed E-state index contributed by atoms with van der Waals surface area (Å²) in [6, 6.07) is 12.8. The smallest absolute Gasteiger partial charge is 0.262 e. The van der Waals surface area contributed by atoms with E-state index in [9.17, 15) is 9.59 Å². The molecule has 2 amide bonds. The SMILES string of the molecule is O=C1Nc2cc(C(=O)NCCC3=CCCCC3)ccc2S/C1=C/c1ccccc1Cl. The average molecular weight is 439 g/mol. The van der Waals surface area contributed by atoms with Crippen LogP contribution in [0.25, 0.3) is 6.08 Å². The molecule has 0 saturated carbocycles. The lowest BCUT2D eigenvalue weighted by atomic mass is 9.97. The van der Waals surface area contributed by atoms with E-state index in [4.69, 9.17) is 11.6 Å². The topological polar surface area (TPSA) is 58.2 Å². The highest BCUT2D eigenvalue weighted by atomic mass is 35.5. The molecular formula is C24H23ClN2O2S. The van der Waals surface area contributed by atoms with Crippen LogP contribution in [0, 0.1) is 0 Å². The Morgan fingerprint density at radius 1 is 1.20 bits per heavy atom. The minimum Gasteiger partial charge on any atom is -0.352 e. The predicted octanol–water partition coefficient (Wildman–Crippen LogP) is 6.05. The molecule has 6 heteroatoms. The van der Waals surface area contributed by atoms with Gasteiger partial charge in [0.2, 0.25) is 0 Å². The summed E-state index contributed by atoms with van der Waals surface area (Å²) < 4.78 is 0. The Kier molecular flexibility index (Phi) is 6.60. The summed E-state index contributed by atoms with van der Waals surface area (Å²) in [5.74, 6) is -0.319. The van der Waals surface area contributed by atoms with Crippen LogP contribution >= 0.6 is 23.4 Å². The molecule has 0 saturated heterocycles. The summed E-state index contributed by atoms with van der Waals surface area (Å²) in [6.45, 7) is 0.633. The maximum absolute atomic E-state index is 12.6. The Hall–Kier alpha value is -2.50. The molecule has 1 heterocycles. The number of amides is 2. The van der Waals surface area contributed by atoms with Gasteiger partial charge in [-0.2, -0.15) is 0 Å². The van der Waals surface area contributed by atoms with Crippen molar-refractivity contribution >= 4 is 46.9 Å². The molecule has 0 fully saturated rings. The maximum Gasteiger partial charge on any atom is 0.262 e. The van der Waals surface area contributed by atoms with Crippen LogP contribution in [0.3, 0.4) is 0 Å². The normalized spacial score (nSPS) is 17.2. The number of nitrogens with one attached hydrogen (secondary N) is 2. The number of halogens is 1. The fourth-order valence-electron chi connectivity index (χ4n) is 3.61. The number of hydrogen-bond donors (Lipinski definition) is 2. The highest BCUT2D eigenvalue weighted by molar-refractivity contribution is 8.04. The van der Waals surface area contributed by atoms with E-state index in [1.54, 1.807) is 24.3 Å². The van der Waals surface area contributed by atoms with Crippen LogP contribution in [-0.4, -0.2) is 18.4 Å². The zero-order chi connectivity index (χ0) is 20.9. The van der Waals surface area contributed by atoms with E-state index < -0.39 is 0 Å². The maximum atomic E-state index is 12.6. The number of fused-ring (bicyclic) bond motifs is 1. The summed E-state index contributed by atoms with van der Waals surface area (Å²) in [5.41, 5.74) is 3.44. The highest BCUT2D eigenvalue weighted by Crippen LogP contribution is 2.39. The summed E-state index contributed by atoms with van der Waals surface area (Å²) in [5, 5.41) is 6.48. The molecule has 1 aliphatic heterocycles. The van der Waals surface area contributed by atoms with Crippen LogP contribution in [0.4, 0.5) is 5.69 Å². The number of benzene rings is 2. The first-order valence-electron chi connectivity index (χ1n) is 10.2. The van der Waals surface area contributed by atoms with Crippen molar-refractivity contribution < 1.29 is 9.59 Å². The summed E-state index contributed by atoms with van der Waals surface area (Å²) in [7, 11) is 0. The number of hydrogen-bond acceptors (Lipinski definition) is 3. The number of carbonyl (C=O) groups excluding carboxylic acids is 2. The van der Waals surface area contributed by atoms with Crippen LogP contribution in [0.15, 0.2) is 63.9 Å². The van der Waals surface area contributed by atoms with Crippen LogP contribution in [0.5, 0.6) is 0 Å². The Bertz CT molecular complexity index is 1050. The molecule has 154 valence electrons. The van der Waals surface area contributed by atoms with E-state index in [1.807, 2.05) is 24.3 Å². The van der Waals surface area contributed by atoms with Gasteiger partial charge >= 0.3 is 0 Å². The first kappa shape index (κ1) is 20.8. The van der Waals surface area contributed by atoms with Gasteiger partial charge in [0.25, 0.3) is 11.8 Å². The lowest BCUT2D eigenvalue weighted by molar-refractivity contribution is -0.112. The molecule has 4 rings (SSSR count). The van der Waals surface area contributed by atoms with E-state index in [1.165, 1.54) is 30.2 Å². The number of thioether (sulfide) groups is 1. The Morgan fingerprint density at radius 3 is 2.87 bits per heavy atom. The van der Waals surface area contributed by atoms with Gasteiger partial charge in [0.15, 0.2) is 0 Å². The number of anilines is 1. The average Bonchev–Trinajstić information content (AvgIpc) is 2.76. The first-order chi connectivity index (χ1) is 14.6. The fourth-order valence-corrected chi connectivity index (χ4v) is 4.72. The summed E-state index contributed by atoms with van der Waals surface area (Å²) in [6.07, 6.45) is 9.79. The second-order valence-electron chi connectivity index (χ2n) is 7.41. The molecule has 0 spiro atoms. The van der Waals surface area contributed by atoms with Crippen molar-refractivity contribution in [3.8, 4) is 0 Å². The summed E-state index contributed by atoms with van der Waals surface area (Å²) >= 11 is 7.58. The van der Waals surface area contributed by atoms with Gasteiger partial charge in [-0.3, -0.25) is 9.59 Å². The minimum atomic E-state index is -0.200. The molecule has 0 radical (unpaired) electrons. The van der Waals surface area contributed by atoms with Crippen molar-refractivity contribution in [1.29, 1.82) is 0 Å². The molecule has 0 unspecified atom stereocenters. The van der Waals surface area contributed by atoms with Crippen LogP contribution in [0.2, 0.25) is 5.02 Å². The molecule has 0 aromatic heterocycles. The molecule has 0 atom stereocenters. The number of allylic oxidation sites excluding steroid dienone is 1. The van der Waals surface area contributed by atoms with Gasteiger partial charge in [0, 0.05) is 22.0 Å². The fraction of sp³-hybridized carbons (Fsp3) is 0.250. The number of carbonyl (C=O) groups is 2. The van der Waals surface area contributed by atoms with Gasteiger partial charge in [-0.25, -0.2) is 0 Å². The third kappa shape index (κ3) is 4.97. The van der Waals surface area contributed by atoms with Gasteiger partial charge in [0.1, 0.15) is 0 Å². The van der Waals surface area contributed by atoms with Crippen molar-refractivity contribution in [2.75, 3.05) is 11.9 Å². The van der Waals surface area contributed by atoms with Gasteiger partial charge in [0.05, 0.1) is 10.6 Å². The van der Waals surface area contributed by atoms with Crippen LogP contribution in [-0.2, 0) is 4.79 Å². The van der Waals surface area contributed by atoms with E-state index in [0.717, 1.165) is 29.7 Å². The van der Waals surface area contributed by atoms with Crippen molar-refractivity contribution in [1.82, 2.24) is 5.32 Å². The molecule has 2 aromatic carbocycles. The Labute approximate surface area is 185 Å². The molecular weight excluding hydrogens is 416 g/mol. The Morgan fingerprint density at radius 2 is 2.07 bits per heavy atom. The third-order valence-electron chi connectivity index (χ3n) is 5.24. The zero-order valence-electron chi connectivity index (χ0n) is 16.5. The molecule has 4 nitrogen and oxygen atoms in total. The second kappa shape index (κ2) is 9.54. The molecule has 2 aliphatic rings. The largest absolute Gasteiger partial charge is 0.352 e. The van der Waals surface area contributed by atoms with Gasteiger partial charge in [-0.05, 0) is 68.0 Å². The minimum absolute atomic E-state index is 0.120. The van der Waals surface area contributed by atoms with Gasteiger partial charge in [-0.15, -0.1) is 0 Å². The monoisotopic (exact) mass is 438 g/mol. The van der Waals surface area contributed by atoms with Gasteiger partial charge < -0.3 is 10.6 Å². The summed E-state index contributed by atoms with van der Waals surface area (Å²) in [4.78, 5) is 26.5. The van der Waals surface area contributed by atoms with E-state index in [2.05, 4.69) is 16.7 Å². The highest BCUT2D eigenvalue weighted by Gasteiger charge is 2.22. The molecule has 30 heavy (non-hydrogen) atoms.